The van der Waals surface area contributed by atoms with Gasteiger partial charge in [-0.1, -0.05) is 0 Å². The van der Waals surface area contributed by atoms with E-state index in [2.05, 4.69) is 15.4 Å². The van der Waals surface area contributed by atoms with Crippen LogP contribution in [0, 0.1) is 19.8 Å². The Morgan fingerprint density at radius 2 is 2.22 bits per heavy atom. The number of carboxylic acids is 1. The van der Waals surface area contributed by atoms with Crippen molar-refractivity contribution in [2.75, 3.05) is 13.1 Å². The lowest BCUT2D eigenvalue weighted by Crippen LogP contribution is -2.29. The van der Waals surface area contributed by atoms with E-state index in [1.54, 1.807) is 31.0 Å². The molecule has 0 unspecified atom stereocenters. The van der Waals surface area contributed by atoms with Gasteiger partial charge in [0.25, 0.3) is 5.91 Å². The molecule has 2 aromatic heterocycles. The summed E-state index contributed by atoms with van der Waals surface area (Å²) >= 11 is 0. The van der Waals surface area contributed by atoms with Crippen LogP contribution >= 0.6 is 0 Å². The first-order valence-electron chi connectivity index (χ1n) is 7.39. The number of aryl methyl sites for hydroxylation is 2. The zero-order valence-corrected chi connectivity index (χ0v) is 12.9. The molecule has 2 N–H and O–H groups in total. The Morgan fingerprint density at radius 1 is 1.43 bits per heavy atom. The van der Waals surface area contributed by atoms with Crippen molar-refractivity contribution in [3.63, 3.8) is 0 Å². The van der Waals surface area contributed by atoms with Crippen molar-refractivity contribution in [2.24, 2.45) is 5.92 Å². The maximum absolute atomic E-state index is 12.7. The molecule has 122 valence electrons. The van der Waals surface area contributed by atoms with E-state index >= 15 is 0 Å². The number of furan rings is 1. The van der Waals surface area contributed by atoms with Crippen LogP contribution in [-0.4, -0.2) is 50.4 Å². The smallest absolute Gasteiger partial charge is 0.303 e. The third-order valence-electron chi connectivity index (χ3n) is 4.25. The molecule has 1 amide bonds. The van der Waals surface area contributed by atoms with Gasteiger partial charge in [-0.05, 0) is 25.8 Å². The summed E-state index contributed by atoms with van der Waals surface area (Å²) in [6.45, 7) is 4.35. The van der Waals surface area contributed by atoms with Gasteiger partial charge in [0.05, 0.1) is 23.9 Å². The Hall–Kier alpha value is -2.64. The monoisotopic (exact) mass is 318 g/mol. The molecule has 2 aromatic rings. The molecule has 2 atom stereocenters. The van der Waals surface area contributed by atoms with E-state index in [0.29, 0.717) is 35.9 Å². The molecule has 0 spiro atoms. The zero-order chi connectivity index (χ0) is 16.6. The number of nitrogens with zero attached hydrogens (tertiary/aromatic N) is 3. The Bertz CT molecular complexity index is 722. The normalized spacial score (nSPS) is 20.9. The minimum Gasteiger partial charge on any atom is -0.481 e. The quantitative estimate of drug-likeness (QED) is 0.880. The second-order valence-electron chi connectivity index (χ2n) is 5.90. The lowest BCUT2D eigenvalue weighted by atomic mass is 9.91. The van der Waals surface area contributed by atoms with Crippen molar-refractivity contribution in [3.05, 3.63) is 35.0 Å². The van der Waals surface area contributed by atoms with Crippen LogP contribution in [0.2, 0.25) is 0 Å². The number of amides is 1. The Labute approximate surface area is 132 Å². The molecule has 8 nitrogen and oxygen atoms in total. The minimum absolute atomic E-state index is 0.00922. The predicted octanol–water partition coefficient (Wildman–Crippen LogP) is 1.35. The third kappa shape index (κ3) is 2.96. The van der Waals surface area contributed by atoms with Crippen molar-refractivity contribution >= 4 is 11.9 Å². The molecule has 1 aliphatic rings. The average Bonchev–Trinajstić information content (AvgIpc) is 3.17. The first-order chi connectivity index (χ1) is 11.0. The molecule has 0 bridgehead atoms. The number of hydrogen-bond donors (Lipinski definition) is 2. The number of aromatic nitrogens is 3. The van der Waals surface area contributed by atoms with Crippen molar-refractivity contribution < 1.29 is 19.1 Å². The number of hydrogen-bond acceptors (Lipinski definition) is 5. The lowest BCUT2D eigenvalue weighted by molar-refractivity contribution is -0.138. The van der Waals surface area contributed by atoms with E-state index in [4.69, 9.17) is 9.52 Å². The van der Waals surface area contributed by atoms with E-state index in [1.165, 1.54) is 0 Å². The van der Waals surface area contributed by atoms with Crippen LogP contribution in [0.5, 0.6) is 0 Å². The number of aromatic amines is 1. The number of aliphatic carboxylic acids is 1. The molecular weight excluding hydrogens is 300 g/mol. The summed E-state index contributed by atoms with van der Waals surface area (Å²) in [5, 5.41) is 19.5. The van der Waals surface area contributed by atoms with Crippen LogP contribution < -0.4 is 0 Å². The summed E-state index contributed by atoms with van der Waals surface area (Å²) < 4.78 is 5.42. The van der Waals surface area contributed by atoms with Gasteiger partial charge in [0.15, 0.2) is 0 Å². The summed E-state index contributed by atoms with van der Waals surface area (Å²) in [5.41, 5.74) is 1.21. The van der Waals surface area contributed by atoms with E-state index in [-0.39, 0.29) is 24.2 Å². The minimum atomic E-state index is -0.881. The first-order valence-corrected chi connectivity index (χ1v) is 7.39. The highest BCUT2D eigenvalue weighted by Crippen LogP contribution is 2.34. The summed E-state index contributed by atoms with van der Waals surface area (Å²) in [4.78, 5) is 25.5. The first kappa shape index (κ1) is 15.3. The Morgan fingerprint density at radius 3 is 2.78 bits per heavy atom. The van der Waals surface area contributed by atoms with Gasteiger partial charge in [-0.25, -0.2) is 0 Å². The second kappa shape index (κ2) is 5.86. The average molecular weight is 318 g/mol. The Kier molecular flexibility index (Phi) is 3.89. The fourth-order valence-corrected chi connectivity index (χ4v) is 3.21. The molecule has 8 heteroatoms. The number of likely N-dealkylation sites (tertiary alicyclic amines) is 1. The Balaban J connectivity index is 1.83. The standard InChI is InChI=1S/C15H18N4O4/c1-8-3-11(9(2)23-8)15(22)19-6-10(4-14(20)21)12(7-19)13-5-16-18-17-13/h3,5,10,12H,4,6-7H2,1-2H3,(H,20,21)(H,16,17,18)/t10-,12+/m0/s1. The molecule has 0 saturated carbocycles. The largest absolute Gasteiger partial charge is 0.481 e. The SMILES string of the molecule is Cc1cc(C(=O)N2C[C@H](CC(=O)O)[C@H](c3cn[nH]n3)C2)c(C)o1. The maximum atomic E-state index is 12.7. The fraction of sp³-hybridized carbons (Fsp3) is 0.467. The molecular formula is C15H18N4O4. The van der Waals surface area contributed by atoms with Crippen LogP contribution in [0.15, 0.2) is 16.7 Å². The topological polar surface area (TPSA) is 112 Å². The van der Waals surface area contributed by atoms with Gasteiger partial charge >= 0.3 is 5.97 Å². The van der Waals surface area contributed by atoms with Gasteiger partial charge in [0, 0.05) is 19.0 Å². The summed E-state index contributed by atoms with van der Waals surface area (Å²) in [7, 11) is 0. The summed E-state index contributed by atoms with van der Waals surface area (Å²) in [6.07, 6.45) is 1.57. The maximum Gasteiger partial charge on any atom is 0.303 e. The van der Waals surface area contributed by atoms with E-state index in [9.17, 15) is 9.59 Å². The van der Waals surface area contributed by atoms with Crippen molar-refractivity contribution in [2.45, 2.75) is 26.2 Å². The molecule has 3 heterocycles. The fourth-order valence-electron chi connectivity index (χ4n) is 3.21. The van der Waals surface area contributed by atoms with Gasteiger partial charge in [-0.3, -0.25) is 9.59 Å². The third-order valence-corrected chi connectivity index (χ3v) is 4.25. The van der Waals surface area contributed by atoms with Crippen LogP contribution in [0.4, 0.5) is 0 Å². The molecule has 0 aliphatic carbocycles. The van der Waals surface area contributed by atoms with Gasteiger partial charge in [0.1, 0.15) is 11.5 Å². The zero-order valence-electron chi connectivity index (χ0n) is 12.9. The molecule has 0 aromatic carbocycles. The highest BCUT2D eigenvalue weighted by molar-refractivity contribution is 5.95. The van der Waals surface area contributed by atoms with Crippen LogP contribution in [0.25, 0.3) is 0 Å². The highest BCUT2D eigenvalue weighted by Gasteiger charge is 2.39. The van der Waals surface area contributed by atoms with Crippen LogP contribution in [0.3, 0.4) is 0 Å². The summed E-state index contributed by atoms with van der Waals surface area (Å²) in [6, 6.07) is 1.72. The second-order valence-corrected chi connectivity index (χ2v) is 5.90. The highest BCUT2D eigenvalue weighted by atomic mass is 16.4. The number of carbonyl (C=O) groups excluding carboxylic acids is 1. The molecule has 3 rings (SSSR count). The molecule has 23 heavy (non-hydrogen) atoms. The van der Waals surface area contributed by atoms with Crippen LogP contribution in [-0.2, 0) is 4.79 Å². The van der Waals surface area contributed by atoms with Crippen LogP contribution in [0.1, 0.15) is 39.9 Å². The number of rotatable bonds is 4. The number of nitrogens with one attached hydrogen (secondary N) is 1. The summed E-state index contributed by atoms with van der Waals surface area (Å²) in [5.74, 6) is -0.0850. The van der Waals surface area contributed by atoms with Crippen molar-refractivity contribution in [1.29, 1.82) is 0 Å². The van der Waals surface area contributed by atoms with E-state index < -0.39 is 5.97 Å². The number of H-pyrrole nitrogens is 1. The van der Waals surface area contributed by atoms with Crippen molar-refractivity contribution in [3.8, 4) is 0 Å². The molecule has 1 fully saturated rings. The van der Waals surface area contributed by atoms with Gasteiger partial charge in [-0.15, -0.1) is 0 Å². The number of carbonyl (C=O) groups is 2. The molecule has 1 aliphatic heterocycles. The van der Waals surface area contributed by atoms with E-state index in [1.807, 2.05) is 0 Å². The predicted molar refractivity (Wildman–Crippen MR) is 79.0 cm³/mol. The van der Waals surface area contributed by atoms with Gasteiger partial charge < -0.3 is 14.4 Å². The lowest BCUT2D eigenvalue weighted by Gasteiger charge is -2.15. The van der Waals surface area contributed by atoms with Crippen molar-refractivity contribution in [1.82, 2.24) is 20.3 Å². The van der Waals surface area contributed by atoms with E-state index in [0.717, 1.165) is 0 Å². The van der Waals surface area contributed by atoms with Gasteiger partial charge in [0.2, 0.25) is 0 Å². The molecule has 0 radical (unpaired) electrons. The van der Waals surface area contributed by atoms with Gasteiger partial charge in [-0.2, -0.15) is 15.4 Å². The molecule has 1 saturated heterocycles. The number of carboxylic acid groups (broad SMARTS) is 1.